The number of aromatic nitrogens is 1. The van der Waals surface area contributed by atoms with Crippen molar-refractivity contribution in [3.63, 3.8) is 0 Å². The molecule has 212 valence electrons. The van der Waals surface area contributed by atoms with E-state index in [1.54, 1.807) is 18.2 Å². The molecule has 0 saturated carbocycles. The molecule has 0 atom stereocenters. The number of carboxylic acid groups (broad SMARTS) is 1. The highest BCUT2D eigenvalue weighted by atomic mass is 16.5. The SMILES string of the molecule is Cc1oc(-c2ccccc2)nc1CCOc1ccc(CCC(=O)O)c(C(=O)NCc2cccc(-c3ccccc3)c2)c1. The quantitative estimate of drug-likeness (QED) is 0.172. The molecule has 0 saturated heterocycles. The molecule has 42 heavy (non-hydrogen) atoms. The maximum Gasteiger partial charge on any atom is 0.303 e. The van der Waals surface area contributed by atoms with Gasteiger partial charge >= 0.3 is 5.97 Å². The Kier molecular flexibility index (Phi) is 9.09. The Bertz CT molecular complexity index is 1660. The van der Waals surface area contributed by atoms with Crippen LogP contribution in [0.3, 0.4) is 0 Å². The molecule has 1 heterocycles. The number of rotatable bonds is 12. The van der Waals surface area contributed by atoms with Crippen LogP contribution in [0.2, 0.25) is 0 Å². The predicted molar refractivity (Wildman–Crippen MR) is 161 cm³/mol. The van der Waals surface area contributed by atoms with Crippen LogP contribution in [0.1, 0.15) is 39.4 Å². The Morgan fingerprint density at radius 3 is 2.29 bits per heavy atom. The first-order valence-electron chi connectivity index (χ1n) is 13.9. The average Bonchev–Trinajstić information content (AvgIpc) is 3.40. The summed E-state index contributed by atoms with van der Waals surface area (Å²) in [5.74, 6) is 0.620. The van der Waals surface area contributed by atoms with Gasteiger partial charge in [0.15, 0.2) is 0 Å². The third-order valence-corrected chi connectivity index (χ3v) is 6.94. The van der Waals surface area contributed by atoms with E-state index in [0.29, 0.717) is 42.3 Å². The first-order chi connectivity index (χ1) is 20.5. The zero-order valence-electron chi connectivity index (χ0n) is 23.4. The first-order valence-corrected chi connectivity index (χ1v) is 13.9. The molecule has 1 aromatic heterocycles. The van der Waals surface area contributed by atoms with Gasteiger partial charge in [0.05, 0.1) is 12.3 Å². The van der Waals surface area contributed by atoms with Gasteiger partial charge in [-0.3, -0.25) is 9.59 Å². The summed E-state index contributed by atoms with van der Waals surface area (Å²) in [6.45, 7) is 2.55. The molecule has 4 aromatic carbocycles. The van der Waals surface area contributed by atoms with Gasteiger partial charge in [-0.15, -0.1) is 0 Å². The van der Waals surface area contributed by atoms with Crippen LogP contribution in [0.25, 0.3) is 22.6 Å². The number of oxazole rings is 1. The van der Waals surface area contributed by atoms with Gasteiger partial charge in [-0.2, -0.15) is 0 Å². The van der Waals surface area contributed by atoms with Crippen molar-refractivity contribution in [1.29, 1.82) is 0 Å². The molecule has 7 nitrogen and oxygen atoms in total. The van der Waals surface area contributed by atoms with Crippen LogP contribution >= 0.6 is 0 Å². The van der Waals surface area contributed by atoms with Gasteiger partial charge in [-0.1, -0.05) is 72.8 Å². The lowest BCUT2D eigenvalue weighted by Gasteiger charge is -2.13. The van der Waals surface area contributed by atoms with Crippen molar-refractivity contribution >= 4 is 11.9 Å². The second-order valence-corrected chi connectivity index (χ2v) is 9.95. The normalized spacial score (nSPS) is 10.8. The summed E-state index contributed by atoms with van der Waals surface area (Å²) in [6, 6.07) is 33.0. The Morgan fingerprint density at radius 2 is 1.55 bits per heavy atom. The van der Waals surface area contributed by atoms with Gasteiger partial charge in [0.2, 0.25) is 5.89 Å². The number of benzene rings is 4. The third kappa shape index (κ3) is 7.31. The summed E-state index contributed by atoms with van der Waals surface area (Å²) in [6.07, 6.45) is 0.694. The summed E-state index contributed by atoms with van der Waals surface area (Å²) < 4.78 is 11.8. The van der Waals surface area contributed by atoms with Gasteiger partial charge in [0.25, 0.3) is 5.91 Å². The number of aryl methyl sites for hydroxylation is 2. The molecule has 0 fully saturated rings. The van der Waals surface area contributed by atoms with E-state index in [9.17, 15) is 14.7 Å². The van der Waals surface area contributed by atoms with Crippen LogP contribution < -0.4 is 10.1 Å². The molecule has 0 aliphatic carbocycles. The maximum absolute atomic E-state index is 13.3. The number of carbonyl (C=O) groups is 2. The van der Waals surface area contributed by atoms with Crippen molar-refractivity contribution in [2.75, 3.05) is 6.61 Å². The lowest BCUT2D eigenvalue weighted by Crippen LogP contribution is -2.24. The second-order valence-electron chi connectivity index (χ2n) is 9.95. The number of ether oxygens (including phenoxy) is 1. The van der Waals surface area contributed by atoms with Gasteiger partial charge in [0.1, 0.15) is 11.5 Å². The van der Waals surface area contributed by atoms with Crippen LogP contribution in [0, 0.1) is 6.92 Å². The number of aliphatic carboxylic acids is 1. The summed E-state index contributed by atoms with van der Waals surface area (Å²) in [5, 5.41) is 12.2. The Hall–Kier alpha value is -5.17. The minimum Gasteiger partial charge on any atom is -0.493 e. The number of nitrogens with one attached hydrogen (secondary N) is 1. The van der Waals surface area contributed by atoms with E-state index < -0.39 is 5.97 Å². The molecule has 2 N–H and O–H groups in total. The number of carboxylic acids is 1. The van der Waals surface area contributed by atoms with Crippen molar-refractivity contribution in [3.8, 4) is 28.3 Å². The summed E-state index contributed by atoms with van der Waals surface area (Å²) >= 11 is 0. The zero-order valence-corrected chi connectivity index (χ0v) is 23.4. The molecule has 0 aliphatic heterocycles. The Labute approximate surface area is 244 Å². The molecule has 0 bridgehead atoms. The average molecular weight is 561 g/mol. The highest BCUT2D eigenvalue weighted by Crippen LogP contribution is 2.24. The summed E-state index contributed by atoms with van der Waals surface area (Å²) in [7, 11) is 0. The van der Waals surface area contributed by atoms with Gasteiger partial charge in [-0.05, 0) is 65.9 Å². The van der Waals surface area contributed by atoms with Crippen LogP contribution in [0.4, 0.5) is 0 Å². The molecule has 1 amide bonds. The van der Waals surface area contributed by atoms with E-state index in [-0.39, 0.29) is 18.7 Å². The molecule has 5 aromatic rings. The van der Waals surface area contributed by atoms with Crippen molar-refractivity contribution in [2.45, 2.75) is 32.7 Å². The van der Waals surface area contributed by atoms with Crippen molar-refractivity contribution in [1.82, 2.24) is 10.3 Å². The lowest BCUT2D eigenvalue weighted by atomic mass is 10.0. The van der Waals surface area contributed by atoms with E-state index in [1.165, 1.54) is 0 Å². The van der Waals surface area contributed by atoms with E-state index in [4.69, 9.17) is 9.15 Å². The van der Waals surface area contributed by atoms with E-state index >= 15 is 0 Å². The van der Waals surface area contributed by atoms with Crippen molar-refractivity contribution in [2.24, 2.45) is 0 Å². The van der Waals surface area contributed by atoms with Crippen molar-refractivity contribution in [3.05, 3.63) is 131 Å². The maximum atomic E-state index is 13.3. The largest absolute Gasteiger partial charge is 0.493 e. The third-order valence-electron chi connectivity index (χ3n) is 6.94. The van der Waals surface area contributed by atoms with Crippen LogP contribution in [-0.4, -0.2) is 28.6 Å². The Balaban J connectivity index is 1.26. The fourth-order valence-corrected chi connectivity index (χ4v) is 4.72. The number of amides is 1. The van der Waals surface area contributed by atoms with Crippen LogP contribution in [0.15, 0.2) is 108 Å². The molecule has 5 rings (SSSR count). The number of nitrogens with zero attached hydrogens (tertiary/aromatic N) is 1. The minimum atomic E-state index is -0.919. The standard InChI is InChI=1S/C35H32N2O5/c1-24-32(37-35(42-24)28-12-6-3-7-13-28)19-20-41-30-17-15-27(16-18-33(38)39)31(22-30)34(40)36-23-25-9-8-14-29(21-25)26-10-4-2-5-11-26/h2-15,17,21-22H,16,18-20,23H2,1H3,(H,36,40)(H,38,39). The van der Waals surface area contributed by atoms with Crippen LogP contribution in [-0.2, 0) is 24.2 Å². The predicted octanol–water partition coefficient (Wildman–Crippen LogP) is 6.89. The molecule has 0 unspecified atom stereocenters. The highest BCUT2D eigenvalue weighted by molar-refractivity contribution is 5.96. The molecule has 7 heteroatoms. The fourth-order valence-electron chi connectivity index (χ4n) is 4.72. The molecular weight excluding hydrogens is 528 g/mol. The molecular formula is C35H32N2O5. The molecule has 0 radical (unpaired) electrons. The number of hydrogen-bond donors (Lipinski definition) is 2. The highest BCUT2D eigenvalue weighted by Gasteiger charge is 2.16. The number of carbonyl (C=O) groups excluding carboxylic acids is 1. The van der Waals surface area contributed by atoms with Gasteiger partial charge in [-0.25, -0.2) is 4.98 Å². The second kappa shape index (κ2) is 13.5. The summed E-state index contributed by atoms with van der Waals surface area (Å²) in [5.41, 5.74) is 5.90. The van der Waals surface area contributed by atoms with Crippen LogP contribution in [0.5, 0.6) is 5.75 Å². The first kappa shape index (κ1) is 28.4. The molecule has 0 aliphatic rings. The van der Waals surface area contributed by atoms with Gasteiger partial charge in [0, 0.05) is 30.5 Å². The monoisotopic (exact) mass is 560 g/mol. The zero-order chi connectivity index (χ0) is 29.3. The Morgan fingerprint density at radius 1 is 0.833 bits per heavy atom. The number of hydrogen-bond acceptors (Lipinski definition) is 5. The minimum absolute atomic E-state index is 0.0746. The summed E-state index contributed by atoms with van der Waals surface area (Å²) in [4.78, 5) is 29.2. The topological polar surface area (TPSA) is 102 Å². The van der Waals surface area contributed by atoms with Gasteiger partial charge < -0.3 is 19.6 Å². The van der Waals surface area contributed by atoms with E-state index in [0.717, 1.165) is 33.7 Å². The molecule has 0 spiro atoms. The van der Waals surface area contributed by atoms with E-state index in [2.05, 4.69) is 16.4 Å². The fraction of sp³-hybridized carbons (Fsp3) is 0.171. The lowest BCUT2D eigenvalue weighted by molar-refractivity contribution is -0.136. The van der Waals surface area contributed by atoms with Crippen molar-refractivity contribution < 1.29 is 23.8 Å². The van der Waals surface area contributed by atoms with E-state index in [1.807, 2.05) is 85.8 Å². The smallest absolute Gasteiger partial charge is 0.303 e.